The first-order valence-corrected chi connectivity index (χ1v) is 17.2. The number of hydrogen-bond donors (Lipinski definition) is 5. The van der Waals surface area contributed by atoms with Crippen LogP contribution < -0.4 is 26.6 Å². The van der Waals surface area contributed by atoms with E-state index in [2.05, 4.69) is 26.6 Å². The number of likely N-dealkylation sites (N-methyl/N-ethyl adjacent to an activating group) is 1. The maximum atomic E-state index is 13.9. The lowest BCUT2D eigenvalue weighted by Gasteiger charge is -2.36. The predicted molar refractivity (Wildman–Crippen MR) is 193 cm³/mol. The van der Waals surface area contributed by atoms with E-state index in [-0.39, 0.29) is 36.1 Å². The molecule has 50 heavy (non-hydrogen) atoms. The molecule has 4 atom stereocenters. The quantitative estimate of drug-likeness (QED) is 0.176. The number of rotatable bonds is 14. The minimum Gasteiger partial charge on any atom is -0.352 e. The van der Waals surface area contributed by atoms with Crippen molar-refractivity contribution in [2.24, 2.45) is 5.41 Å². The Kier molecular flexibility index (Phi) is 13.3. The maximum absolute atomic E-state index is 13.9. The van der Waals surface area contributed by atoms with Gasteiger partial charge >= 0.3 is 0 Å². The van der Waals surface area contributed by atoms with Crippen molar-refractivity contribution < 1.29 is 24.0 Å². The van der Waals surface area contributed by atoms with Gasteiger partial charge in [-0.25, -0.2) is 0 Å². The number of carbonyl (C=O) groups excluding carboxylic acids is 5. The van der Waals surface area contributed by atoms with Gasteiger partial charge in [0.15, 0.2) is 0 Å². The Morgan fingerprint density at radius 3 is 1.96 bits per heavy atom. The summed E-state index contributed by atoms with van der Waals surface area (Å²) in [5.74, 6) is -1.50. The van der Waals surface area contributed by atoms with Crippen LogP contribution in [-0.4, -0.2) is 79.2 Å². The van der Waals surface area contributed by atoms with Crippen LogP contribution in [0.15, 0.2) is 84.9 Å². The summed E-state index contributed by atoms with van der Waals surface area (Å²) in [5.41, 5.74) is 2.16. The Bertz CT molecular complexity index is 1610. The molecule has 11 heteroatoms. The van der Waals surface area contributed by atoms with Crippen molar-refractivity contribution in [3.05, 3.63) is 107 Å². The van der Waals surface area contributed by atoms with Crippen molar-refractivity contribution in [1.29, 1.82) is 0 Å². The zero-order valence-corrected chi connectivity index (χ0v) is 29.6. The van der Waals surface area contributed by atoms with Crippen molar-refractivity contribution in [1.82, 2.24) is 31.5 Å². The van der Waals surface area contributed by atoms with Crippen LogP contribution in [0.1, 0.15) is 78.4 Å². The summed E-state index contributed by atoms with van der Waals surface area (Å²) in [6.45, 7) is 8.36. The Balaban J connectivity index is 1.39. The van der Waals surface area contributed by atoms with Gasteiger partial charge in [-0.05, 0) is 74.0 Å². The summed E-state index contributed by atoms with van der Waals surface area (Å²) >= 11 is 0. The Morgan fingerprint density at radius 1 is 0.800 bits per heavy atom. The first-order chi connectivity index (χ1) is 23.9. The van der Waals surface area contributed by atoms with E-state index in [1.54, 1.807) is 43.1 Å². The largest absolute Gasteiger partial charge is 0.352 e. The fourth-order valence-electron chi connectivity index (χ4n) is 5.86. The first kappa shape index (κ1) is 37.8. The summed E-state index contributed by atoms with van der Waals surface area (Å²) in [7, 11) is 1.68. The number of nitrogens with zero attached hydrogens (tertiary/aromatic N) is 1. The standard InChI is InChI=1S/C39H50N6O5/c1-26(40-5)34(46)44-33(39(2,3)4)38(50)45-24-12-17-32(45)37(49)43-31(28-15-10-7-11-16-28)25-42-36(48)30-20-18-29(19-21-30)35(47)41-23-22-27-13-8-6-9-14-27/h6-11,13-16,18-21,26,31-33,40H,12,17,22-25H2,1-5H3,(H,41,47)(H,42,48)(H,43,49)(H,44,46). The molecule has 4 unspecified atom stereocenters. The van der Waals surface area contributed by atoms with Crippen LogP contribution in [-0.2, 0) is 20.8 Å². The predicted octanol–water partition coefficient (Wildman–Crippen LogP) is 3.38. The van der Waals surface area contributed by atoms with Gasteiger partial charge in [0.25, 0.3) is 11.8 Å². The van der Waals surface area contributed by atoms with E-state index in [4.69, 9.17) is 0 Å². The number of carbonyl (C=O) groups is 5. The normalized spacial score (nSPS) is 16.1. The van der Waals surface area contributed by atoms with Crippen molar-refractivity contribution in [2.45, 2.75) is 71.1 Å². The van der Waals surface area contributed by atoms with Crippen molar-refractivity contribution in [3.8, 4) is 0 Å². The van der Waals surface area contributed by atoms with Gasteiger partial charge in [-0.3, -0.25) is 24.0 Å². The average molecular weight is 683 g/mol. The Hall–Kier alpha value is -5.03. The molecule has 11 nitrogen and oxygen atoms in total. The highest BCUT2D eigenvalue weighted by Gasteiger charge is 2.42. The smallest absolute Gasteiger partial charge is 0.251 e. The van der Waals surface area contributed by atoms with Crippen LogP contribution in [0.2, 0.25) is 0 Å². The van der Waals surface area contributed by atoms with Gasteiger partial charge in [-0.15, -0.1) is 0 Å². The van der Waals surface area contributed by atoms with Gasteiger partial charge < -0.3 is 31.5 Å². The molecule has 0 aromatic heterocycles. The second-order valence-electron chi connectivity index (χ2n) is 13.8. The molecule has 1 saturated heterocycles. The second-order valence-corrected chi connectivity index (χ2v) is 13.8. The van der Waals surface area contributed by atoms with Crippen LogP contribution >= 0.6 is 0 Å². The van der Waals surface area contributed by atoms with E-state index in [1.165, 1.54) is 0 Å². The SMILES string of the molecule is CNC(C)C(=O)NC(C(=O)N1CCCC1C(=O)NC(CNC(=O)c1ccc(C(=O)NCCc2ccccc2)cc1)c1ccccc1)C(C)(C)C. The zero-order chi connectivity index (χ0) is 36.3. The second kappa shape index (κ2) is 17.6. The van der Waals surface area contributed by atoms with Gasteiger partial charge in [0, 0.05) is 30.8 Å². The molecule has 1 aliphatic rings. The molecule has 1 aliphatic heterocycles. The van der Waals surface area contributed by atoms with Gasteiger partial charge in [-0.2, -0.15) is 0 Å². The van der Waals surface area contributed by atoms with Crippen LogP contribution in [0.25, 0.3) is 0 Å². The van der Waals surface area contributed by atoms with Gasteiger partial charge in [0.05, 0.1) is 12.1 Å². The molecule has 4 rings (SSSR count). The Morgan fingerprint density at radius 2 is 1.38 bits per heavy atom. The lowest BCUT2D eigenvalue weighted by molar-refractivity contribution is -0.144. The number of nitrogens with one attached hydrogen (secondary N) is 5. The van der Waals surface area contributed by atoms with Crippen molar-refractivity contribution in [2.75, 3.05) is 26.7 Å². The molecule has 3 aromatic carbocycles. The zero-order valence-electron chi connectivity index (χ0n) is 29.6. The van der Waals surface area contributed by atoms with Crippen molar-refractivity contribution in [3.63, 3.8) is 0 Å². The molecule has 5 amide bonds. The maximum Gasteiger partial charge on any atom is 0.251 e. The lowest BCUT2D eigenvalue weighted by Crippen LogP contribution is -2.59. The molecule has 0 saturated carbocycles. The highest BCUT2D eigenvalue weighted by Crippen LogP contribution is 2.26. The topological polar surface area (TPSA) is 149 Å². The number of likely N-dealkylation sites (tertiary alicyclic amines) is 1. The summed E-state index contributed by atoms with van der Waals surface area (Å²) in [4.78, 5) is 67.8. The third kappa shape index (κ3) is 10.2. The summed E-state index contributed by atoms with van der Waals surface area (Å²) < 4.78 is 0. The summed E-state index contributed by atoms with van der Waals surface area (Å²) in [6.07, 6.45) is 1.85. The Labute approximate surface area is 295 Å². The van der Waals surface area contributed by atoms with E-state index >= 15 is 0 Å². The monoisotopic (exact) mass is 682 g/mol. The molecule has 1 fully saturated rings. The fourth-order valence-corrected chi connectivity index (χ4v) is 5.86. The number of hydrogen-bond acceptors (Lipinski definition) is 6. The molecule has 0 bridgehead atoms. The minimum absolute atomic E-state index is 0.0968. The molecule has 1 heterocycles. The van der Waals surface area contributed by atoms with Crippen LogP contribution in [0.3, 0.4) is 0 Å². The van der Waals surface area contributed by atoms with Crippen LogP contribution in [0.4, 0.5) is 0 Å². The third-order valence-corrected chi connectivity index (χ3v) is 9.00. The molecule has 5 N–H and O–H groups in total. The molecule has 266 valence electrons. The molecule has 0 aliphatic carbocycles. The molecule has 3 aromatic rings. The highest BCUT2D eigenvalue weighted by molar-refractivity contribution is 5.98. The van der Waals surface area contributed by atoms with Gasteiger partial charge in [0.2, 0.25) is 17.7 Å². The highest BCUT2D eigenvalue weighted by atomic mass is 16.2. The molecular weight excluding hydrogens is 632 g/mol. The molecule has 0 radical (unpaired) electrons. The summed E-state index contributed by atoms with van der Waals surface area (Å²) in [5, 5.41) is 14.7. The fraction of sp³-hybridized carbons (Fsp3) is 0.410. The van der Waals surface area contributed by atoms with Crippen molar-refractivity contribution >= 4 is 29.5 Å². The molecule has 0 spiro atoms. The van der Waals surface area contributed by atoms with E-state index < -0.39 is 29.6 Å². The summed E-state index contributed by atoms with van der Waals surface area (Å²) in [6, 6.07) is 23.0. The number of benzene rings is 3. The van der Waals surface area contributed by atoms with E-state index in [9.17, 15) is 24.0 Å². The average Bonchev–Trinajstić information content (AvgIpc) is 3.62. The van der Waals surface area contributed by atoms with Crippen LogP contribution in [0, 0.1) is 5.41 Å². The molecular formula is C39H50N6O5. The number of amides is 5. The van der Waals surface area contributed by atoms with E-state index in [0.717, 1.165) is 11.1 Å². The van der Waals surface area contributed by atoms with E-state index in [0.29, 0.717) is 43.5 Å². The van der Waals surface area contributed by atoms with Gasteiger partial charge in [-0.1, -0.05) is 81.4 Å². The first-order valence-electron chi connectivity index (χ1n) is 17.2. The van der Waals surface area contributed by atoms with E-state index in [1.807, 2.05) is 81.4 Å². The lowest BCUT2D eigenvalue weighted by atomic mass is 9.85. The van der Waals surface area contributed by atoms with Crippen LogP contribution in [0.5, 0.6) is 0 Å². The minimum atomic E-state index is -0.824. The third-order valence-electron chi connectivity index (χ3n) is 9.00. The van der Waals surface area contributed by atoms with Gasteiger partial charge in [0.1, 0.15) is 12.1 Å².